The molecular weight excluding hydrogens is 250 g/mol. The summed E-state index contributed by atoms with van der Waals surface area (Å²) in [6, 6.07) is 4.12. The van der Waals surface area contributed by atoms with Crippen molar-refractivity contribution in [1.82, 2.24) is 15.2 Å². The lowest BCUT2D eigenvalue weighted by Gasteiger charge is -2.37. The summed E-state index contributed by atoms with van der Waals surface area (Å²) in [5.41, 5.74) is 1.12. The molecule has 20 heavy (non-hydrogen) atoms. The van der Waals surface area contributed by atoms with Gasteiger partial charge in [0.15, 0.2) is 0 Å². The molecule has 0 bridgehead atoms. The third-order valence-electron chi connectivity index (χ3n) is 4.25. The van der Waals surface area contributed by atoms with Gasteiger partial charge in [0, 0.05) is 38.4 Å². The molecule has 1 atom stereocenters. The van der Waals surface area contributed by atoms with Crippen molar-refractivity contribution in [2.45, 2.75) is 39.2 Å². The summed E-state index contributed by atoms with van der Waals surface area (Å²) in [4.78, 5) is 18.8. The average molecular weight is 275 g/mol. The summed E-state index contributed by atoms with van der Waals surface area (Å²) >= 11 is 0. The lowest BCUT2D eigenvalue weighted by Crippen LogP contribution is -2.49. The molecule has 0 aromatic carbocycles. The van der Waals surface area contributed by atoms with Crippen molar-refractivity contribution in [3.8, 4) is 0 Å². The molecule has 1 N–H and O–H groups in total. The molecule has 4 nitrogen and oxygen atoms in total. The van der Waals surface area contributed by atoms with Gasteiger partial charge < -0.3 is 10.2 Å². The van der Waals surface area contributed by atoms with Gasteiger partial charge in [0.05, 0.1) is 6.04 Å². The molecule has 1 aromatic rings. The fourth-order valence-corrected chi connectivity index (χ4v) is 2.82. The van der Waals surface area contributed by atoms with Crippen molar-refractivity contribution in [3.63, 3.8) is 0 Å². The predicted molar refractivity (Wildman–Crippen MR) is 80.2 cm³/mol. The third-order valence-corrected chi connectivity index (χ3v) is 4.25. The van der Waals surface area contributed by atoms with Crippen LogP contribution in [-0.2, 0) is 4.79 Å². The Morgan fingerprint density at radius 1 is 1.50 bits per heavy atom. The van der Waals surface area contributed by atoms with Gasteiger partial charge in [0.2, 0.25) is 5.91 Å². The van der Waals surface area contributed by atoms with Crippen LogP contribution < -0.4 is 5.32 Å². The highest BCUT2D eigenvalue weighted by Crippen LogP contribution is 2.24. The zero-order valence-electron chi connectivity index (χ0n) is 12.5. The first-order valence-corrected chi connectivity index (χ1v) is 7.66. The molecule has 4 heteroatoms. The summed E-state index contributed by atoms with van der Waals surface area (Å²) in [6.07, 6.45) is 6.47. The van der Waals surface area contributed by atoms with Crippen LogP contribution >= 0.6 is 0 Å². The van der Waals surface area contributed by atoms with E-state index in [4.69, 9.17) is 0 Å². The second kappa shape index (κ2) is 7.39. The summed E-state index contributed by atoms with van der Waals surface area (Å²) in [5.74, 6) is 0.793. The van der Waals surface area contributed by atoms with E-state index < -0.39 is 0 Å². The number of amides is 1. The number of nitrogens with one attached hydrogen (secondary N) is 1. The van der Waals surface area contributed by atoms with E-state index in [-0.39, 0.29) is 11.9 Å². The van der Waals surface area contributed by atoms with Crippen LogP contribution in [0.4, 0.5) is 0 Å². The SMILES string of the molecule is CCC(CC)CC(=O)N1CCNCC1c1cccnc1. The lowest BCUT2D eigenvalue weighted by molar-refractivity contribution is -0.135. The van der Waals surface area contributed by atoms with Crippen molar-refractivity contribution in [2.24, 2.45) is 5.92 Å². The van der Waals surface area contributed by atoms with Gasteiger partial charge >= 0.3 is 0 Å². The molecule has 2 heterocycles. The van der Waals surface area contributed by atoms with E-state index in [1.165, 1.54) is 0 Å². The van der Waals surface area contributed by atoms with Gasteiger partial charge in [-0.25, -0.2) is 0 Å². The molecule has 1 fully saturated rings. The van der Waals surface area contributed by atoms with Gasteiger partial charge in [0.1, 0.15) is 0 Å². The van der Waals surface area contributed by atoms with E-state index in [2.05, 4.69) is 30.2 Å². The van der Waals surface area contributed by atoms with Crippen molar-refractivity contribution < 1.29 is 4.79 Å². The van der Waals surface area contributed by atoms with Crippen molar-refractivity contribution in [1.29, 1.82) is 0 Å². The van der Waals surface area contributed by atoms with Crippen LogP contribution in [0.3, 0.4) is 0 Å². The van der Waals surface area contributed by atoms with Crippen LogP contribution in [0.2, 0.25) is 0 Å². The fraction of sp³-hybridized carbons (Fsp3) is 0.625. The summed E-state index contributed by atoms with van der Waals surface area (Å²) < 4.78 is 0. The number of carbonyl (C=O) groups is 1. The maximum absolute atomic E-state index is 12.6. The maximum atomic E-state index is 12.6. The molecule has 1 aromatic heterocycles. The summed E-state index contributed by atoms with van der Waals surface area (Å²) in [7, 11) is 0. The highest BCUT2D eigenvalue weighted by Gasteiger charge is 2.28. The van der Waals surface area contributed by atoms with E-state index in [9.17, 15) is 4.79 Å². The topological polar surface area (TPSA) is 45.2 Å². The second-order valence-electron chi connectivity index (χ2n) is 5.48. The molecule has 110 valence electrons. The largest absolute Gasteiger partial charge is 0.333 e. The molecule has 1 saturated heterocycles. The van der Waals surface area contributed by atoms with Crippen LogP contribution in [0, 0.1) is 5.92 Å². The fourth-order valence-electron chi connectivity index (χ4n) is 2.82. The van der Waals surface area contributed by atoms with Crippen molar-refractivity contribution in [3.05, 3.63) is 30.1 Å². The third kappa shape index (κ3) is 3.57. The minimum Gasteiger partial charge on any atom is -0.333 e. The molecule has 0 radical (unpaired) electrons. The Balaban J connectivity index is 2.09. The van der Waals surface area contributed by atoms with Gasteiger partial charge in [-0.2, -0.15) is 0 Å². The molecule has 1 aliphatic rings. The second-order valence-corrected chi connectivity index (χ2v) is 5.48. The Morgan fingerprint density at radius 2 is 2.30 bits per heavy atom. The van der Waals surface area contributed by atoms with E-state index in [0.29, 0.717) is 12.3 Å². The normalized spacial score (nSPS) is 19.4. The number of aromatic nitrogens is 1. The average Bonchev–Trinajstić information content (AvgIpc) is 2.53. The number of rotatable bonds is 5. The molecule has 1 amide bonds. The first-order chi connectivity index (χ1) is 9.76. The highest BCUT2D eigenvalue weighted by molar-refractivity contribution is 5.77. The smallest absolute Gasteiger partial charge is 0.223 e. The number of carbonyl (C=O) groups excluding carboxylic acids is 1. The zero-order valence-corrected chi connectivity index (χ0v) is 12.5. The van der Waals surface area contributed by atoms with Crippen LogP contribution in [0.15, 0.2) is 24.5 Å². The van der Waals surface area contributed by atoms with Gasteiger partial charge in [-0.1, -0.05) is 32.8 Å². The maximum Gasteiger partial charge on any atom is 0.223 e. The molecule has 1 unspecified atom stereocenters. The summed E-state index contributed by atoms with van der Waals surface area (Å²) in [5, 5.41) is 3.38. The Bertz CT molecular complexity index is 417. The van der Waals surface area contributed by atoms with Crippen LogP contribution in [0.5, 0.6) is 0 Å². The van der Waals surface area contributed by atoms with Crippen LogP contribution in [0.25, 0.3) is 0 Å². The number of nitrogens with zero attached hydrogens (tertiary/aromatic N) is 2. The molecular formula is C16H25N3O. The standard InChI is InChI=1S/C16H25N3O/c1-3-13(4-2)10-16(20)19-9-8-18-12-15(19)14-6-5-7-17-11-14/h5-7,11,13,15,18H,3-4,8-10,12H2,1-2H3. The zero-order chi connectivity index (χ0) is 14.4. The quantitative estimate of drug-likeness (QED) is 0.897. The van der Waals surface area contributed by atoms with E-state index in [1.807, 2.05) is 17.2 Å². The van der Waals surface area contributed by atoms with Gasteiger partial charge in [-0.3, -0.25) is 9.78 Å². The highest BCUT2D eigenvalue weighted by atomic mass is 16.2. The Labute approximate surface area is 121 Å². The number of piperazine rings is 1. The molecule has 1 aliphatic heterocycles. The van der Waals surface area contributed by atoms with Crippen LogP contribution in [0.1, 0.15) is 44.7 Å². The molecule has 0 saturated carbocycles. The Kier molecular flexibility index (Phi) is 5.53. The minimum atomic E-state index is 0.124. The van der Waals surface area contributed by atoms with Gasteiger partial charge in [0.25, 0.3) is 0 Å². The monoisotopic (exact) mass is 275 g/mol. The first-order valence-electron chi connectivity index (χ1n) is 7.66. The van der Waals surface area contributed by atoms with E-state index in [0.717, 1.165) is 38.0 Å². The lowest BCUT2D eigenvalue weighted by atomic mass is 9.97. The van der Waals surface area contributed by atoms with Crippen molar-refractivity contribution in [2.75, 3.05) is 19.6 Å². The van der Waals surface area contributed by atoms with E-state index >= 15 is 0 Å². The summed E-state index contributed by atoms with van der Waals surface area (Å²) in [6.45, 7) is 6.82. The van der Waals surface area contributed by atoms with Gasteiger partial charge in [-0.05, 0) is 17.5 Å². The molecule has 0 spiro atoms. The number of hydrogen-bond donors (Lipinski definition) is 1. The van der Waals surface area contributed by atoms with Crippen LogP contribution in [-0.4, -0.2) is 35.4 Å². The Morgan fingerprint density at radius 3 is 2.95 bits per heavy atom. The van der Waals surface area contributed by atoms with E-state index in [1.54, 1.807) is 6.20 Å². The number of pyridine rings is 1. The van der Waals surface area contributed by atoms with Gasteiger partial charge in [-0.15, -0.1) is 0 Å². The molecule has 2 rings (SSSR count). The number of hydrogen-bond acceptors (Lipinski definition) is 3. The minimum absolute atomic E-state index is 0.124. The first kappa shape index (κ1) is 15.0. The Hall–Kier alpha value is -1.42. The van der Waals surface area contributed by atoms with Crippen molar-refractivity contribution >= 4 is 5.91 Å². The molecule has 0 aliphatic carbocycles. The predicted octanol–water partition coefficient (Wildman–Crippen LogP) is 2.38.